The summed E-state index contributed by atoms with van der Waals surface area (Å²) in [5.74, 6) is 1.50. The zero-order valence-corrected chi connectivity index (χ0v) is 10.3. The van der Waals surface area contributed by atoms with Gasteiger partial charge >= 0.3 is 0 Å². The Hall–Kier alpha value is -0.870. The lowest BCUT2D eigenvalue weighted by molar-refractivity contribution is 0.108. The molecule has 4 nitrogen and oxygen atoms in total. The van der Waals surface area contributed by atoms with Gasteiger partial charge in [-0.3, -0.25) is 0 Å². The van der Waals surface area contributed by atoms with Gasteiger partial charge in [0.25, 0.3) is 0 Å². The minimum absolute atomic E-state index is 0.371. The molecule has 2 unspecified atom stereocenters. The van der Waals surface area contributed by atoms with Crippen LogP contribution in [0, 0.1) is 6.92 Å². The molecule has 16 heavy (non-hydrogen) atoms. The second-order valence-corrected chi connectivity index (χ2v) is 4.52. The third kappa shape index (κ3) is 2.83. The smallest absolute Gasteiger partial charge is 0.134 e. The fourth-order valence-corrected chi connectivity index (χ4v) is 2.33. The van der Waals surface area contributed by atoms with Crippen LogP contribution in [0.5, 0.6) is 0 Å². The van der Waals surface area contributed by atoms with Gasteiger partial charge in [0.05, 0.1) is 6.10 Å². The van der Waals surface area contributed by atoms with Crippen molar-refractivity contribution in [2.45, 2.75) is 38.3 Å². The maximum Gasteiger partial charge on any atom is 0.134 e. The van der Waals surface area contributed by atoms with Crippen LogP contribution in [0.2, 0.25) is 5.15 Å². The fourth-order valence-electron chi connectivity index (χ4n) is 2.10. The third-order valence-electron chi connectivity index (χ3n) is 2.88. The summed E-state index contributed by atoms with van der Waals surface area (Å²) in [6.07, 6.45) is 3.61. The van der Waals surface area contributed by atoms with Crippen LogP contribution in [-0.4, -0.2) is 29.2 Å². The van der Waals surface area contributed by atoms with Crippen LogP contribution < -0.4 is 5.32 Å². The number of ether oxygens (including phenoxy) is 1. The molecule has 1 N–H and O–H groups in total. The molecule has 0 amide bonds. The zero-order valence-electron chi connectivity index (χ0n) is 9.53. The van der Waals surface area contributed by atoms with Crippen LogP contribution >= 0.6 is 11.6 Å². The summed E-state index contributed by atoms with van der Waals surface area (Å²) in [5, 5.41) is 3.85. The SMILES string of the molecule is COC1CCC(Nc2cc(Cl)nc(C)n2)C1. The fraction of sp³-hybridized carbons (Fsp3) is 0.636. The Morgan fingerprint density at radius 1 is 1.44 bits per heavy atom. The molecule has 0 spiro atoms. The molecule has 1 saturated carbocycles. The summed E-state index contributed by atoms with van der Waals surface area (Å²) in [5.41, 5.74) is 0. The number of nitrogens with zero attached hydrogens (tertiary/aromatic N) is 2. The Kier molecular flexibility index (Phi) is 3.61. The van der Waals surface area contributed by atoms with Crippen molar-refractivity contribution in [1.29, 1.82) is 0 Å². The molecular formula is C11H16ClN3O. The van der Waals surface area contributed by atoms with Crippen LogP contribution in [0.4, 0.5) is 5.82 Å². The summed E-state index contributed by atoms with van der Waals surface area (Å²) in [4.78, 5) is 8.33. The molecule has 0 bridgehead atoms. The monoisotopic (exact) mass is 241 g/mol. The van der Waals surface area contributed by atoms with E-state index in [1.54, 1.807) is 13.2 Å². The first kappa shape index (κ1) is 11.6. The second kappa shape index (κ2) is 4.97. The predicted octanol–water partition coefficient (Wildman–Crippen LogP) is 2.42. The quantitative estimate of drug-likeness (QED) is 0.826. The minimum atomic E-state index is 0.371. The number of nitrogens with one attached hydrogen (secondary N) is 1. The van der Waals surface area contributed by atoms with Gasteiger partial charge in [-0.05, 0) is 26.2 Å². The van der Waals surface area contributed by atoms with Crippen molar-refractivity contribution in [3.05, 3.63) is 17.0 Å². The highest BCUT2D eigenvalue weighted by Crippen LogP contribution is 2.24. The van der Waals surface area contributed by atoms with Gasteiger partial charge in [-0.1, -0.05) is 11.6 Å². The van der Waals surface area contributed by atoms with Gasteiger partial charge in [-0.25, -0.2) is 9.97 Å². The number of aromatic nitrogens is 2. The molecule has 1 heterocycles. The van der Waals surface area contributed by atoms with Gasteiger partial charge in [-0.15, -0.1) is 0 Å². The van der Waals surface area contributed by atoms with Gasteiger partial charge in [0, 0.05) is 19.2 Å². The van der Waals surface area contributed by atoms with E-state index in [2.05, 4.69) is 15.3 Å². The molecule has 5 heteroatoms. The number of methoxy groups -OCH3 is 1. The van der Waals surface area contributed by atoms with Crippen molar-refractivity contribution < 1.29 is 4.74 Å². The van der Waals surface area contributed by atoms with E-state index in [-0.39, 0.29) is 0 Å². The molecule has 1 aliphatic carbocycles. The summed E-state index contributed by atoms with van der Waals surface area (Å²) >= 11 is 5.88. The first-order valence-electron chi connectivity index (χ1n) is 5.48. The molecular weight excluding hydrogens is 226 g/mol. The van der Waals surface area contributed by atoms with Gasteiger partial charge in [-0.2, -0.15) is 0 Å². The van der Waals surface area contributed by atoms with Crippen molar-refractivity contribution >= 4 is 17.4 Å². The van der Waals surface area contributed by atoms with Crippen molar-refractivity contribution in [1.82, 2.24) is 9.97 Å². The van der Waals surface area contributed by atoms with Gasteiger partial charge in [0.2, 0.25) is 0 Å². The normalized spacial score (nSPS) is 24.7. The van der Waals surface area contributed by atoms with Crippen molar-refractivity contribution in [2.75, 3.05) is 12.4 Å². The van der Waals surface area contributed by atoms with E-state index >= 15 is 0 Å². The van der Waals surface area contributed by atoms with Crippen LogP contribution in [0.1, 0.15) is 25.1 Å². The predicted molar refractivity (Wildman–Crippen MR) is 63.8 cm³/mol. The number of hydrogen-bond donors (Lipinski definition) is 1. The maximum absolute atomic E-state index is 5.88. The number of hydrogen-bond acceptors (Lipinski definition) is 4. The second-order valence-electron chi connectivity index (χ2n) is 4.14. The first-order valence-corrected chi connectivity index (χ1v) is 5.85. The lowest BCUT2D eigenvalue weighted by atomic mass is 10.2. The first-order chi connectivity index (χ1) is 7.67. The Morgan fingerprint density at radius 3 is 2.88 bits per heavy atom. The van der Waals surface area contributed by atoms with E-state index in [9.17, 15) is 0 Å². The highest BCUT2D eigenvalue weighted by atomic mass is 35.5. The maximum atomic E-state index is 5.88. The molecule has 0 saturated heterocycles. The van der Waals surface area contributed by atoms with E-state index in [4.69, 9.17) is 16.3 Å². The highest BCUT2D eigenvalue weighted by Gasteiger charge is 2.24. The average molecular weight is 242 g/mol. The molecule has 1 aliphatic rings. The van der Waals surface area contributed by atoms with Gasteiger partial charge in [0.1, 0.15) is 16.8 Å². The van der Waals surface area contributed by atoms with Crippen molar-refractivity contribution in [3.8, 4) is 0 Å². The third-order valence-corrected chi connectivity index (χ3v) is 3.07. The van der Waals surface area contributed by atoms with Crippen LogP contribution in [0.3, 0.4) is 0 Å². The van der Waals surface area contributed by atoms with Crippen LogP contribution in [0.15, 0.2) is 6.07 Å². The van der Waals surface area contributed by atoms with Crippen molar-refractivity contribution in [3.63, 3.8) is 0 Å². The van der Waals surface area contributed by atoms with Crippen LogP contribution in [-0.2, 0) is 4.74 Å². The standard InChI is InChI=1S/C11H16ClN3O/c1-7-13-10(12)6-11(14-7)15-8-3-4-9(5-8)16-2/h6,8-9H,3-5H2,1-2H3,(H,13,14,15). The van der Waals surface area contributed by atoms with E-state index in [0.29, 0.717) is 23.1 Å². The minimum Gasteiger partial charge on any atom is -0.381 e. The molecule has 1 aromatic rings. The van der Waals surface area contributed by atoms with Crippen molar-refractivity contribution in [2.24, 2.45) is 0 Å². The van der Waals surface area contributed by atoms with Gasteiger partial charge in [0.15, 0.2) is 0 Å². The Bertz CT molecular complexity index is 352. The molecule has 1 fully saturated rings. The lowest BCUT2D eigenvalue weighted by Crippen LogP contribution is -2.18. The van der Waals surface area contributed by atoms with E-state index in [1.165, 1.54) is 0 Å². The van der Waals surface area contributed by atoms with Crippen LogP contribution in [0.25, 0.3) is 0 Å². The topological polar surface area (TPSA) is 47.0 Å². The number of rotatable bonds is 3. The highest BCUT2D eigenvalue weighted by molar-refractivity contribution is 6.29. The Balaban J connectivity index is 1.99. The molecule has 88 valence electrons. The zero-order chi connectivity index (χ0) is 11.5. The molecule has 1 aromatic heterocycles. The molecule has 0 radical (unpaired) electrons. The molecule has 2 rings (SSSR count). The van der Waals surface area contributed by atoms with Gasteiger partial charge < -0.3 is 10.1 Å². The number of halogens is 1. The Morgan fingerprint density at radius 2 is 2.25 bits per heavy atom. The summed E-state index contributed by atoms with van der Waals surface area (Å²) in [6.45, 7) is 1.84. The summed E-state index contributed by atoms with van der Waals surface area (Å²) in [6, 6.07) is 2.18. The Labute approximate surface area is 100 Å². The largest absolute Gasteiger partial charge is 0.381 e. The lowest BCUT2D eigenvalue weighted by Gasteiger charge is -2.13. The van der Waals surface area contributed by atoms with E-state index in [1.807, 2.05) is 6.92 Å². The van der Waals surface area contributed by atoms with E-state index < -0.39 is 0 Å². The molecule has 0 aliphatic heterocycles. The summed E-state index contributed by atoms with van der Waals surface area (Å²) in [7, 11) is 1.76. The summed E-state index contributed by atoms with van der Waals surface area (Å²) < 4.78 is 5.33. The number of anilines is 1. The molecule has 0 aromatic carbocycles. The average Bonchev–Trinajstić information content (AvgIpc) is 2.64. The molecule has 2 atom stereocenters. The van der Waals surface area contributed by atoms with E-state index in [0.717, 1.165) is 25.1 Å². The number of aryl methyl sites for hydroxylation is 1.